The van der Waals surface area contributed by atoms with E-state index in [9.17, 15) is 9.59 Å². The van der Waals surface area contributed by atoms with E-state index in [1.165, 1.54) is 17.5 Å². The van der Waals surface area contributed by atoms with Gasteiger partial charge in [-0.25, -0.2) is 14.6 Å². The van der Waals surface area contributed by atoms with Crippen molar-refractivity contribution >= 4 is 28.4 Å². The molecule has 1 N–H and O–H groups in total. The number of thiazole rings is 1. The molecular weight excluding hydrogens is 380 g/mol. The Kier molecular flexibility index (Phi) is 5.04. The van der Waals surface area contributed by atoms with Crippen molar-refractivity contribution in [3.63, 3.8) is 0 Å². The lowest BCUT2D eigenvalue weighted by atomic mass is 9.93. The van der Waals surface area contributed by atoms with Gasteiger partial charge in [-0.1, -0.05) is 18.6 Å². The molecule has 0 radical (unpaired) electrons. The first kappa shape index (κ1) is 18.5. The Morgan fingerprint density at radius 1 is 1.18 bits per heavy atom. The number of ether oxygens (including phenoxy) is 3. The van der Waals surface area contributed by atoms with Crippen molar-refractivity contribution in [1.82, 2.24) is 4.98 Å². The molecule has 7 nitrogen and oxygen atoms in total. The molecule has 0 atom stereocenters. The Morgan fingerprint density at radius 3 is 2.64 bits per heavy atom. The molecule has 0 unspecified atom stereocenters. The van der Waals surface area contributed by atoms with Crippen molar-refractivity contribution in [2.75, 3.05) is 12.4 Å². The number of methoxy groups -OCH3 is 1. The van der Waals surface area contributed by atoms with Crippen molar-refractivity contribution in [2.45, 2.75) is 37.9 Å². The molecule has 1 saturated heterocycles. The van der Waals surface area contributed by atoms with Gasteiger partial charge in [0.1, 0.15) is 5.75 Å². The Hall–Kier alpha value is -2.87. The van der Waals surface area contributed by atoms with E-state index < -0.39 is 17.7 Å². The average molecular weight is 400 g/mol. The summed E-state index contributed by atoms with van der Waals surface area (Å²) in [6.07, 6.45) is 5.23. The van der Waals surface area contributed by atoms with Gasteiger partial charge in [0, 0.05) is 30.0 Å². The van der Waals surface area contributed by atoms with E-state index in [0.717, 1.165) is 36.3 Å². The van der Waals surface area contributed by atoms with Crippen LogP contribution in [-0.4, -0.2) is 29.8 Å². The second kappa shape index (κ2) is 7.63. The molecule has 1 aromatic heterocycles. The fourth-order valence-electron chi connectivity index (χ4n) is 3.35. The predicted octanol–water partition coefficient (Wildman–Crippen LogP) is 3.87. The van der Waals surface area contributed by atoms with Gasteiger partial charge in [-0.15, -0.1) is 11.3 Å². The molecule has 1 saturated carbocycles. The van der Waals surface area contributed by atoms with Gasteiger partial charge in [0.05, 0.1) is 12.8 Å². The van der Waals surface area contributed by atoms with Gasteiger partial charge in [-0.05, 0) is 25.0 Å². The molecule has 28 heavy (non-hydrogen) atoms. The van der Waals surface area contributed by atoms with Gasteiger partial charge < -0.3 is 19.5 Å². The number of anilines is 1. The third kappa shape index (κ3) is 3.73. The average Bonchev–Trinajstić information content (AvgIpc) is 3.17. The first-order valence-corrected chi connectivity index (χ1v) is 10.00. The molecule has 8 heteroatoms. The lowest BCUT2D eigenvalue weighted by Gasteiger charge is -2.38. The second-order valence-corrected chi connectivity index (χ2v) is 7.58. The summed E-state index contributed by atoms with van der Waals surface area (Å²) < 4.78 is 16.2. The summed E-state index contributed by atoms with van der Waals surface area (Å²) >= 11 is 1.36. The minimum atomic E-state index is -1.08. The predicted molar refractivity (Wildman–Crippen MR) is 104 cm³/mol. The third-order valence-electron chi connectivity index (χ3n) is 4.82. The highest BCUT2D eigenvalue weighted by Crippen LogP contribution is 2.37. The lowest BCUT2D eigenvalue weighted by molar-refractivity contribution is -0.244. The van der Waals surface area contributed by atoms with Crippen molar-refractivity contribution in [1.29, 1.82) is 0 Å². The monoisotopic (exact) mass is 400 g/mol. The Balaban J connectivity index is 1.46. The van der Waals surface area contributed by atoms with Crippen molar-refractivity contribution in [3.8, 4) is 17.0 Å². The zero-order chi connectivity index (χ0) is 19.6. The van der Waals surface area contributed by atoms with Gasteiger partial charge in [-0.3, -0.25) is 0 Å². The van der Waals surface area contributed by atoms with Gasteiger partial charge in [0.15, 0.2) is 10.7 Å². The van der Waals surface area contributed by atoms with Gasteiger partial charge in [0.2, 0.25) is 0 Å². The summed E-state index contributed by atoms with van der Waals surface area (Å²) in [6, 6.07) is 7.56. The summed E-state index contributed by atoms with van der Waals surface area (Å²) in [5.41, 5.74) is 1.51. The van der Waals surface area contributed by atoms with Gasteiger partial charge in [-0.2, -0.15) is 0 Å². The summed E-state index contributed by atoms with van der Waals surface area (Å²) in [4.78, 5) is 29.1. The molecule has 1 spiro atoms. The number of carbonyl (C=O) groups excluding carboxylic acids is 2. The van der Waals surface area contributed by atoms with Gasteiger partial charge >= 0.3 is 11.9 Å². The number of nitrogens with one attached hydrogen (secondary N) is 1. The summed E-state index contributed by atoms with van der Waals surface area (Å²) in [6.45, 7) is 0. The number of esters is 2. The standard InChI is InChI=1S/C20H20N2O5S/c1-25-14-7-5-6-13(10-14)16-12-28-19(22-16)21-11-15-17(23)26-20(27-18(15)24)8-3-2-4-9-20/h5-7,10-12H,2-4,8-9H2,1H3,(H,21,22). The summed E-state index contributed by atoms with van der Waals surface area (Å²) in [7, 11) is 1.61. The number of carbonyl (C=O) groups is 2. The first-order valence-electron chi connectivity index (χ1n) is 9.12. The molecule has 1 aromatic carbocycles. The minimum Gasteiger partial charge on any atom is -0.497 e. The molecule has 1 aliphatic heterocycles. The highest BCUT2D eigenvalue weighted by molar-refractivity contribution is 7.14. The summed E-state index contributed by atoms with van der Waals surface area (Å²) in [5.74, 6) is -1.65. The van der Waals surface area contributed by atoms with Crippen LogP contribution in [0.15, 0.2) is 41.4 Å². The minimum absolute atomic E-state index is 0.158. The fraction of sp³-hybridized carbons (Fsp3) is 0.350. The number of aromatic nitrogens is 1. The molecule has 2 heterocycles. The Bertz CT molecular complexity index is 908. The van der Waals surface area contributed by atoms with E-state index in [1.54, 1.807) is 7.11 Å². The zero-order valence-corrected chi connectivity index (χ0v) is 16.2. The topological polar surface area (TPSA) is 86.8 Å². The summed E-state index contributed by atoms with van der Waals surface area (Å²) in [5, 5.41) is 5.32. The quantitative estimate of drug-likeness (QED) is 0.473. The molecule has 4 rings (SSSR count). The number of hydrogen-bond acceptors (Lipinski definition) is 8. The second-order valence-electron chi connectivity index (χ2n) is 6.72. The molecule has 146 valence electrons. The van der Waals surface area contributed by atoms with Crippen molar-refractivity contribution in [3.05, 3.63) is 41.4 Å². The normalized spacial score (nSPS) is 18.4. The zero-order valence-electron chi connectivity index (χ0n) is 15.4. The van der Waals surface area contributed by atoms with E-state index in [0.29, 0.717) is 18.0 Å². The molecular formula is C20H20N2O5S. The highest BCUT2D eigenvalue weighted by atomic mass is 32.1. The number of rotatable bonds is 4. The van der Waals surface area contributed by atoms with Crippen LogP contribution in [0.3, 0.4) is 0 Å². The van der Waals surface area contributed by atoms with Crippen LogP contribution < -0.4 is 10.1 Å². The van der Waals surface area contributed by atoms with E-state index in [-0.39, 0.29) is 5.57 Å². The van der Waals surface area contributed by atoms with Crippen molar-refractivity contribution in [2.24, 2.45) is 0 Å². The molecule has 1 aliphatic carbocycles. The highest BCUT2D eigenvalue weighted by Gasteiger charge is 2.46. The maximum absolute atomic E-state index is 12.3. The fourth-order valence-corrected chi connectivity index (χ4v) is 4.04. The third-order valence-corrected chi connectivity index (χ3v) is 5.60. The van der Waals surface area contributed by atoms with Crippen LogP contribution in [0.4, 0.5) is 5.13 Å². The van der Waals surface area contributed by atoms with Crippen LogP contribution in [0.1, 0.15) is 32.1 Å². The SMILES string of the molecule is COc1cccc(-c2csc(NC=C3C(=O)OC4(CCCCC4)OC3=O)n2)c1. The van der Waals surface area contributed by atoms with E-state index in [2.05, 4.69) is 10.3 Å². The van der Waals surface area contributed by atoms with E-state index in [1.807, 2.05) is 29.6 Å². The number of benzene rings is 1. The van der Waals surface area contributed by atoms with Gasteiger partial charge in [0.25, 0.3) is 5.79 Å². The number of hydrogen-bond donors (Lipinski definition) is 1. The number of nitrogens with zero attached hydrogens (tertiary/aromatic N) is 1. The van der Waals surface area contributed by atoms with E-state index in [4.69, 9.17) is 14.2 Å². The molecule has 2 fully saturated rings. The molecule has 2 aromatic rings. The largest absolute Gasteiger partial charge is 0.497 e. The molecule has 0 bridgehead atoms. The van der Waals surface area contributed by atoms with Crippen molar-refractivity contribution < 1.29 is 23.8 Å². The maximum Gasteiger partial charge on any atom is 0.350 e. The molecule has 2 aliphatic rings. The van der Waals surface area contributed by atoms with Crippen LogP contribution in [0.2, 0.25) is 0 Å². The molecule has 0 amide bonds. The lowest BCUT2D eigenvalue weighted by Crippen LogP contribution is -2.47. The van der Waals surface area contributed by atoms with Crippen LogP contribution in [0.5, 0.6) is 5.75 Å². The smallest absolute Gasteiger partial charge is 0.350 e. The maximum atomic E-state index is 12.3. The first-order chi connectivity index (χ1) is 13.6. The van der Waals surface area contributed by atoms with Crippen LogP contribution in [0, 0.1) is 0 Å². The van der Waals surface area contributed by atoms with E-state index >= 15 is 0 Å². The van der Waals surface area contributed by atoms with Crippen LogP contribution in [0.25, 0.3) is 11.3 Å². The Labute approximate surface area is 166 Å². The van der Waals surface area contributed by atoms with Crippen LogP contribution >= 0.6 is 11.3 Å². The Morgan fingerprint density at radius 2 is 1.93 bits per heavy atom. The van der Waals surface area contributed by atoms with Crippen LogP contribution in [-0.2, 0) is 19.1 Å².